The molecule has 9 heteroatoms. The minimum atomic E-state index is -2.90. The van der Waals surface area contributed by atoms with Crippen molar-refractivity contribution in [3.05, 3.63) is 54.1 Å². The van der Waals surface area contributed by atoms with Crippen molar-refractivity contribution in [2.75, 3.05) is 36.8 Å². The molecule has 0 atom stereocenters. The highest BCUT2D eigenvalue weighted by atomic mass is 19.3. The number of alkyl halides is 2. The van der Waals surface area contributed by atoms with Gasteiger partial charge in [-0.3, -0.25) is 4.79 Å². The molecule has 30 heavy (non-hydrogen) atoms. The first-order chi connectivity index (χ1) is 14.4. The molecule has 3 amide bonds. The van der Waals surface area contributed by atoms with Crippen LogP contribution in [0.2, 0.25) is 0 Å². The summed E-state index contributed by atoms with van der Waals surface area (Å²) in [6.07, 6.45) is 0. The highest BCUT2D eigenvalue weighted by Gasteiger charge is 2.08. The molecule has 0 aliphatic rings. The van der Waals surface area contributed by atoms with Crippen LogP contribution < -0.4 is 20.7 Å². The molecule has 0 aliphatic heterocycles. The van der Waals surface area contributed by atoms with Crippen LogP contribution in [0.3, 0.4) is 0 Å². The Kier molecular flexibility index (Phi) is 9.02. The number of carbonyl (C=O) groups excluding carboxylic acids is 2. The van der Waals surface area contributed by atoms with Gasteiger partial charge in [-0.25, -0.2) is 4.79 Å². The summed E-state index contributed by atoms with van der Waals surface area (Å²) < 4.78 is 28.5. The smallest absolute Gasteiger partial charge is 0.387 e. The number of likely N-dealkylation sites (N-methyl/N-ethyl adjacent to an activating group) is 1. The van der Waals surface area contributed by atoms with Gasteiger partial charge in [0.25, 0.3) is 5.91 Å². The van der Waals surface area contributed by atoms with E-state index in [1.54, 1.807) is 24.3 Å². The third-order valence-electron chi connectivity index (χ3n) is 4.35. The van der Waals surface area contributed by atoms with E-state index in [0.717, 1.165) is 19.6 Å². The number of amides is 3. The van der Waals surface area contributed by atoms with Crippen LogP contribution in [0.5, 0.6) is 5.75 Å². The molecule has 2 aromatic rings. The number of hydrogen-bond acceptors (Lipinski definition) is 4. The quantitative estimate of drug-likeness (QED) is 0.543. The van der Waals surface area contributed by atoms with E-state index in [0.29, 0.717) is 23.5 Å². The Morgan fingerprint density at radius 2 is 1.47 bits per heavy atom. The summed E-state index contributed by atoms with van der Waals surface area (Å²) in [4.78, 5) is 26.5. The molecule has 0 unspecified atom stereocenters. The van der Waals surface area contributed by atoms with Crippen LogP contribution in [-0.2, 0) is 0 Å². The number of anilines is 2. The van der Waals surface area contributed by atoms with Crippen molar-refractivity contribution in [2.24, 2.45) is 0 Å². The van der Waals surface area contributed by atoms with Gasteiger partial charge < -0.3 is 25.6 Å². The number of carbonyl (C=O) groups is 2. The second kappa shape index (κ2) is 11.7. The average molecular weight is 420 g/mol. The van der Waals surface area contributed by atoms with E-state index in [2.05, 4.69) is 39.4 Å². The van der Waals surface area contributed by atoms with Crippen molar-refractivity contribution in [1.82, 2.24) is 10.2 Å². The number of benzene rings is 2. The van der Waals surface area contributed by atoms with Crippen molar-refractivity contribution in [3.8, 4) is 5.75 Å². The Bertz CT molecular complexity index is 810. The molecule has 2 rings (SSSR count). The first-order valence-electron chi connectivity index (χ1n) is 9.64. The molecule has 3 N–H and O–H groups in total. The fraction of sp³-hybridized carbons (Fsp3) is 0.333. The summed E-state index contributed by atoms with van der Waals surface area (Å²) in [5, 5.41) is 8.09. The molecular weight excluding hydrogens is 394 g/mol. The van der Waals surface area contributed by atoms with Gasteiger partial charge in [0.2, 0.25) is 0 Å². The van der Waals surface area contributed by atoms with Gasteiger partial charge in [-0.05, 0) is 61.6 Å². The SMILES string of the molecule is CCN(CC)CCNC(=O)c1ccc(NC(=O)Nc2ccc(OC(F)F)cc2)cc1. The van der Waals surface area contributed by atoms with Crippen molar-refractivity contribution in [2.45, 2.75) is 20.5 Å². The maximum Gasteiger partial charge on any atom is 0.387 e. The van der Waals surface area contributed by atoms with Gasteiger partial charge in [0.1, 0.15) is 5.75 Å². The van der Waals surface area contributed by atoms with E-state index >= 15 is 0 Å². The van der Waals surface area contributed by atoms with Gasteiger partial charge >= 0.3 is 12.6 Å². The van der Waals surface area contributed by atoms with Gasteiger partial charge in [0, 0.05) is 30.0 Å². The van der Waals surface area contributed by atoms with E-state index in [9.17, 15) is 18.4 Å². The number of ether oxygens (including phenoxy) is 1. The molecule has 0 aromatic heterocycles. The van der Waals surface area contributed by atoms with E-state index in [4.69, 9.17) is 0 Å². The first kappa shape index (κ1) is 23.1. The number of urea groups is 1. The monoisotopic (exact) mass is 420 g/mol. The van der Waals surface area contributed by atoms with Gasteiger partial charge in [-0.1, -0.05) is 13.8 Å². The molecular formula is C21H26F2N4O3. The summed E-state index contributed by atoms with van der Waals surface area (Å²) in [5.41, 5.74) is 1.42. The number of rotatable bonds is 10. The predicted octanol–water partition coefficient (Wildman–Crippen LogP) is 4.00. The van der Waals surface area contributed by atoms with E-state index in [1.165, 1.54) is 24.3 Å². The highest BCUT2D eigenvalue weighted by molar-refractivity contribution is 6.00. The summed E-state index contributed by atoms with van der Waals surface area (Å²) in [7, 11) is 0. The van der Waals surface area contributed by atoms with Crippen LogP contribution in [0.1, 0.15) is 24.2 Å². The second-order valence-corrected chi connectivity index (χ2v) is 6.34. The minimum Gasteiger partial charge on any atom is -0.435 e. The number of hydrogen-bond donors (Lipinski definition) is 3. The Balaban J connectivity index is 1.81. The Morgan fingerprint density at radius 3 is 1.97 bits per heavy atom. The summed E-state index contributed by atoms with van der Waals surface area (Å²) in [6.45, 7) is 4.45. The lowest BCUT2D eigenvalue weighted by atomic mass is 10.2. The maximum absolute atomic E-state index is 12.2. The van der Waals surface area contributed by atoms with E-state index in [1.807, 2.05) is 0 Å². The molecule has 0 spiro atoms. The Labute approximate surface area is 174 Å². The lowest BCUT2D eigenvalue weighted by Crippen LogP contribution is -2.34. The van der Waals surface area contributed by atoms with Crippen molar-refractivity contribution < 1.29 is 23.1 Å². The normalized spacial score (nSPS) is 10.7. The topological polar surface area (TPSA) is 82.7 Å². The molecule has 0 bridgehead atoms. The lowest BCUT2D eigenvalue weighted by Gasteiger charge is -2.18. The number of halogens is 2. The standard InChI is InChI=1S/C21H26F2N4O3/c1-3-27(4-2)14-13-24-19(28)15-5-7-16(8-6-15)25-21(29)26-17-9-11-18(12-10-17)30-20(22)23/h5-12,20H,3-4,13-14H2,1-2H3,(H,24,28)(H2,25,26,29). The van der Waals surface area contributed by atoms with Gasteiger partial charge in [-0.2, -0.15) is 8.78 Å². The third kappa shape index (κ3) is 7.67. The van der Waals surface area contributed by atoms with Crippen LogP contribution in [0, 0.1) is 0 Å². The predicted molar refractivity (Wildman–Crippen MR) is 112 cm³/mol. The molecule has 0 saturated carbocycles. The van der Waals surface area contributed by atoms with Crippen molar-refractivity contribution in [1.29, 1.82) is 0 Å². The van der Waals surface area contributed by atoms with Crippen LogP contribution in [0.25, 0.3) is 0 Å². The zero-order valence-corrected chi connectivity index (χ0v) is 17.0. The molecule has 162 valence electrons. The average Bonchev–Trinajstić information content (AvgIpc) is 2.72. The van der Waals surface area contributed by atoms with E-state index in [-0.39, 0.29) is 11.7 Å². The molecule has 0 fully saturated rings. The minimum absolute atomic E-state index is 0.00178. The van der Waals surface area contributed by atoms with E-state index < -0.39 is 12.6 Å². The zero-order valence-electron chi connectivity index (χ0n) is 17.0. The fourth-order valence-corrected chi connectivity index (χ4v) is 2.69. The molecule has 0 saturated heterocycles. The number of nitrogens with one attached hydrogen (secondary N) is 3. The van der Waals surface area contributed by atoms with Gasteiger partial charge in [0.05, 0.1) is 0 Å². The van der Waals surface area contributed by atoms with Crippen molar-refractivity contribution >= 4 is 23.3 Å². The Morgan fingerprint density at radius 1 is 0.933 bits per heavy atom. The fourth-order valence-electron chi connectivity index (χ4n) is 2.69. The molecule has 0 radical (unpaired) electrons. The van der Waals surface area contributed by atoms with Crippen LogP contribution >= 0.6 is 0 Å². The van der Waals surface area contributed by atoms with Crippen molar-refractivity contribution in [3.63, 3.8) is 0 Å². The lowest BCUT2D eigenvalue weighted by molar-refractivity contribution is -0.0498. The zero-order chi connectivity index (χ0) is 21.9. The molecule has 0 heterocycles. The molecule has 2 aromatic carbocycles. The maximum atomic E-state index is 12.2. The summed E-state index contributed by atoms with van der Waals surface area (Å²) in [6, 6.07) is 11.5. The van der Waals surface area contributed by atoms with Gasteiger partial charge in [0.15, 0.2) is 0 Å². The molecule has 7 nitrogen and oxygen atoms in total. The Hall–Kier alpha value is -3.20. The van der Waals surface area contributed by atoms with Crippen LogP contribution in [0.15, 0.2) is 48.5 Å². The van der Waals surface area contributed by atoms with Gasteiger partial charge in [-0.15, -0.1) is 0 Å². The van der Waals surface area contributed by atoms with Crippen LogP contribution in [-0.4, -0.2) is 49.6 Å². The highest BCUT2D eigenvalue weighted by Crippen LogP contribution is 2.18. The second-order valence-electron chi connectivity index (χ2n) is 6.34. The largest absolute Gasteiger partial charge is 0.435 e. The van der Waals surface area contributed by atoms with Crippen LogP contribution in [0.4, 0.5) is 25.0 Å². The first-order valence-corrected chi connectivity index (χ1v) is 9.64. The third-order valence-corrected chi connectivity index (χ3v) is 4.35. The molecule has 0 aliphatic carbocycles. The summed E-state index contributed by atoms with van der Waals surface area (Å²) >= 11 is 0. The summed E-state index contributed by atoms with van der Waals surface area (Å²) in [5.74, 6) is -0.175. The number of nitrogens with zero attached hydrogens (tertiary/aromatic N) is 1.